The summed E-state index contributed by atoms with van der Waals surface area (Å²) in [5.41, 5.74) is 4.44. The Morgan fingerprint density at radius 3 is 0.831 bits per heavy atom. The van der Waals surface area contributed by atoms with Crippen molar-refractivity contribution in [2.45, 2.75) is 28.5 Å². The number of hydrogen-bond acceptors (Lipinski definition) is 6. The van der Waals surface area contributed by atoms with Crippen LogP contribution in [0.5, 0.6) is 0 Å². The van der Waals surface area contributed by atoms with Crippen molar-refractivity contribution >= 4 is 66.6 Å². The zero-order valence-corrected chi connectivity index (χ0v) is 46.4. The minimum absolute atomic E-state index is 0. The van der Waals surface area contributed by atoms with E-state index in [-0.39, 0.29) is 103 Å². The van der Waals surface area contributed by atoms with Gasteiger partial charge in [-0.15, -0.1) is 0 Å². The quantitative estimate of drug-likeness (QED) is 0.0626. The van der Waals surface area contributed by atoms with Gasteiger partial charge in [-0.2, -0.15) is 0 Å². The van der Waals surface area contributed by atoms with E-state index in [2.05, 4.69) is 97.1 Å². The maximum absolute atomic E-state index is 12.3. The molecule has 0 atom stereocenters. The van der Waals surface area contributed by atoms with E-state index in [0.29, 0.717) is 18.7 Å². The van der Waals surface area contributed by atoms with Crippen LogP contribution in [0.15, 0.2) is 228 Å². The van der Waals surface area contributed by atoms with Gasteiger partial charge in [0, 0.05) is 0 Å². The van der Waals surface area contributed by atoms with Gasteiger partial charge in [-0.3, -0.25) is 0 Å². The van der Waals surface area contributed by atoms with Crippen LogP contribution in [0.4, 0.5) is 0 Å². The average molecular weight is 1080 g/mol. The molecular weight excluding hydrogens is 1040 g/mol. The maximum atomic E-state index is 12.3. The third-order valence-electron chi connectivity index (χ3n) is 11.2. The molecule has 0 amide bonds. The van der Waals surface area contributed by atoms with Crippen LogP contribution >= 0.6 is 14.5 Å². The van der Waals surface area contributed by atoms with Crippen molar-refractivity contribution in [1.29, 1.82) is 0 Å². The molecule has 0 radical (unpaired) electrons. The summed E-state index contributed by atoms with van der Waals surface area (Å²) in [6, 6.07) is 70.9. The summed E-state index contributed by atoms with van der Waals surface area (Å²) in [6.45, 7) is 0. The molecule has 0 aliphatic heterocycles. The molecule has 0 fully saturated rings. The van der Waals surface area contributed by atoms with Crippen molar-refractivity contribution in [3.8, 4) is 0 Å². The minimum atomic E-state index is -4.68. The molecule has 8 aromatic rings. The Bertz CT molecular complexity index is 2710. The van der Waals surface area contributed by atoms with E-state index in [9.17, 15) is 25.9 Å². The number of halogens is 2. The van der Waals surface area contributed by atoms with Crippen LogP contribution in [-0.2, 0) is 39.0 Å². The molecule has 0 spiro atoms. The molecule has 0 saturated heterocycles. The minimum Gasteiger partial charge on any atom is -1.00 e. The van der Waals surface area contributed by atoms with Crippen LogP contribution in [0.1, 0.15) is 22.3 Å². The first-order valence-corrected chi connectivity index (χ1v) is 26.5. The first kappa shape index (κ1) is 55.0. The van der Waals surface area contributed by atoms with E-state index >= 15 is 0 Å². The maximum Gasteiger partial charge on any atom is 1.00 e. The van der Waals surface area contributed by atoms with Gasteiger partial charge in [0.2, 0.25) is 0 Å². The smallest absolute Gasteiger partial charge is 1.00 e. The van der Waals surface area contributed by atoms with Crippen molar-refractivity contribution in [2.24, 2.45) is 0 Å². The molecule has 320 valence electrons. The summed E-state index contributed by atoms with van der Waals surface area (Å²) in [5.74, 6) is 0. The van der Waals surface area contributed by atoms with Crippen molar-refractivity contribution < 1.29 is 119 Å². The van der Waals surface area contributed by atoms with Gasteiger partial charge in [0.15, 0.2) is 0 Å². The van der Waals surface area contributed by atoms with E-state index in [0.717, 1.165) is 54.1 Å². The molecule has 0 heterocycles. The number of hydrogen-bond donors (Lipinski definition) is 0. The summed E-state index contributed by atoms with van der Waals surface area (Å²) in [5, 5.41) is 5.97. The Hall–Kier alpha value is -2.60. The molecule has 6 nitrogen and oxygen atoms in total. The number of benzene rings is 8. The fourth-order valence-corrected chi connectivity index (χ4v) is 18.0. The zero-order chi connectivity index (χ0) is 42.5. The van der Waals surface area contributed by atoms with Gasteiger partial charge >= 0.3 is 59.1 Å². The Morgan fingerprint density at radius 1 is 0.323 bits per heavy atom. The Labute approximate surface area is 449 Å². The number of rotatable bonds is 14. The van der Waals surface area contributed by atoms with Gasteiger partial charge < -0.3 is 43.1 Å². The molecular formula is C51H42Br2Na2O6P2S2. The summed E-state index contributed by atoms with van der Waals surface area (Å²) in [6.07, 6.45) is 1.94. The molecule has 0 aliphatic rings. The van der Waals surface area contributed by atoms with Gasteiger partial charge in [-0.05, 0) is 114 Å². The molecule has 8 rings (SSSR count). The SMILES string of the molecule is O=S(=O)([O-])c1cccc([P+](Cc2ccc(Cc3ccc(C[P+](c4ccccc4)(c4ccccc4)c4cccc(S(=O)(=O)[O-])c4)cc3)cc2)(c2ccccc2)c2ccccc2)c1.[Br-].[Br-].[Na+].[Na+]. The predicted molar refractivity (Wildman–Crippen MR) is 249 cm³/mol. The normalized spacial score (nSPS) is 11.5. The topological polar surface area (TPSA) is 114 Å². The van der Waals surface area contributed by atoms with Gasteiger partial charge in [-0.1, -0.05) is 133 Å². The van der Waals surface area contributed by atoms with E-state index in [1.54, 1.807) is 24.3 Å². The molecule has 0 saturated carbocycles. The molecule has 8 aromatic carbocycles. The molecule has 0 unspecified atom stereocenters. The first-order chi connectivity index (χ1) is 29.4. The van der Waals surface area contributed by atoms with Crippen LogP contribution in [0.3, 0.4) is 0 Å². The average Bonchev–Trinajstić information content (AvgIpc) is 3.29. The molecule has 0 aromatic heterocycles. The second-order valence-electron chi connectivity index (χ2n) is 15.0. The Kier molecular flexibility index (Phi) is 20.4. The monoisotopic (exact) mass is 1080 g/mol. The standard InChI is InChI=1S/C51H42O6P2S2.2BrH.2Na/c52-60(53,54)50-25-13-23-48(36-50)58(44-15-5-1-6-16-44,45-17-7-2-8-18-45)38-42-31-27-40(28-32-42)35-41-29-33-43(34-30-41)39-59(46-19-9-3-10-20-46,47-21-11-4-12-22-47)49-24-14-26-51(37-49)61(55,56)57;;;;/h1-34,36-37H,35,38-39H2;2*1H;;/q;;;2*+1/p-2. The van der Waals surface area contributed by atoms with Crippen LogP contribution in [0.25, 0.3) is 0 Å². The zero-order valence-electron chi connectivity index (χ0n) is 35.8. The van der Waals surface area contributed by atoms with E-state index in [4.69, 9.17) is 0 Å². The molecule has 0 N–H and O–H groups in total. The van der Waals surface area contributed by atoms with Crippen LogP contribution < -0.4 is 125 Å². The third kappa shape index (κ3) is 12.5. The van der Waals surface area contributed by atoms with Gasteiger partial charge in [0.05, 0.1) is 22.1 Å². The fraction of sp³-hybridized carbons (Fsp3) is 0.0588. The Morgan fingerprint density at radius 2 is 0.569 bits per heavy atom. The van der Waals surface area contributed by atoms with E-state index in [1.165, 1.54) is 12.1 Å². The van der Waals surface area contributed by atoms with Gasteiger partial charge in [-0.25, -0.2) is 16.8 Å². The molecule has 0 bridgehead atoms. The second-order valence-corrected chi connectivity index (χ2v) is 24.7. The van der Waals surface area contributed by atoms with E-state index in [1.807, 2.05) is 84.9 Å². The largest absolute Gasteiger partial charge is 1.00 e. The molecule has 14 heteroatoms. The van der Waals surface area contributed by atoms with Crippen molar-refractivity contribution in [2.75, 3.05) is 0 Å². The first-order valence-electron chi connectivity index (χ1n) is 19.7. The summed E-state index contributed by atoms with van der Waals surface area (Å²) in [7, 11) is -14.4. The van der Waals surface area contributed by atoms with Crippen LogP contribution in [-0.4, -0.2) is 25.9 Å². The van der Waals surface area contributed by atoms with Crippen molar-refractivity contribution in [3.63, 3.8) is 0 Å². The molecule has 65 heavy (non-hydrogen) atoms. The summed E-state index contributed by atoms with van der Waals surface area (Å²) >= 11 is 0. The summed E-state index contributed by atoms with van der Waals surface area (Å²) in [4.78, 5) is -0.474. The predicted octanol–water partition coefficient (Wildman–Crippen LogP) is -3.91. The third-order valence-corrected chi connectivity index (χ3v) is 21.6. The van der Waals surface area contributed by atoms with Crippen molar-refractivity contribution in [3.05, 3.63) is 241 Å². The fourth-order valence-electron chi connectivity index (χ4n) is 8.23. The van der Waals surface area contributed by atoms with Crippen molar-refractivity contribution in [1.82, 2.24) is 0 Å². The van der Waals surface area contributed by atoms with Gasteiger partial charge in [0.25, 0.3) is 0 Å². The van der Waals surface area contributed by atoms with Crippen LogP contribution in [0.2, 0.25) is 0 Å². The second kappa shape index (κ2) is 24.1. The van der Waals surface area contributed by atoms with Crippen LogP contribution in [0, 0.1) is 0 Å². The van der Waals surface area contributed by atoms with E-state index < -0.39 is 34.8 Å². The van der Waals surface area contributed by atoms with Gasteiger partial charge in [0.1, 0.15) is 66.6 Å². The summed E-state index contributed by atoms with van der Waals surface area (Å²) < 4.78 is 73.6. The Balaban J connectivity index is 0.00000231. The molecule has 0 aliphatic carbocycles.